The summed E-state index contributed by atoms with van der Waals surface area (Å²) >= 11 is 0. The number of rotatable bonds is 0. The van der Waals surface area contributed by atoms with Crippen molar-refractivity contribution in [3.63, 3.8) is 0 Å². The van der Waals surface area contributed by atoms with E-state index in [2.05, 4.69) is 23.2 Å². The summed E-state index contributed by atoms with van der Waals surface area (Å²) in [5, 5.41) is 3.41. The Kier molecular flexibility index (Phi) is 3.32. The Bertz CT molecular complexity index is 436. The second-order valence-corrected chi connectivity index (χ2v) is 4.98. The van der Waals surface area contributed by atoms with Crippen LogP contribution in [-0.2, 0) is 6.42 Å². The molecule has 2 aliphatic heterocycles. The van der Waals surface area contributed by atoms with E-state index in [-0.39, 0.29) is 18.2 Å². The first kappa shape index (κ1) is 12.7. The Morgan fingerprint density at radius 3 is 2.88 bits per heavy atom. The van der Waals surface area contributed by atoms with E-state index in [0.29, 0.717) is 12.1 Å². The van der Waals surface area contributed by atoms with E-state index in [1.165, 1.54) is 5.56 Å². The third kappa shape index (κ3) is 1.81. The van der Waals surface area contributed by atoms with Gasteiger partial charge in [-0.2, -0.15) is 0 Å². The van der Waals surface area contributed by atoms with Gasteiger partial charge in [0.2, 0.25) is 0 Å². The summed E-state index contributed by atoms with van der Waals surface area (Å²) < 4.78 is 14.2. The molecule has 1 fully saturated rings. The quantitative estimate of drug-likeness (QED) is 0.766. The minimum absolute atomic E-state index is 0. The molecule has 2 heterocycles. The van der Waals surface area contributed by atoms with E-state index < -0.39 is 0 Å². The van der Waals surface area contributed by atoms with E-state index >= 15 is 0 Å². The molecule has 94 valence electrons. The molecule has 0 aliphatic carbocycles. The SMILES string of the molecule is Cc1ccc2c(c1F)N1C(C)CNC[C@H]1C2.Cl. The van der Waals surface area contributed by atoms with Crippen molar-refractivity contribution in [3.8, 4) is 0 Å². The van der Waals surface area contributed by atoms with E-state index in [9.17, 15) is 4.39 Å². The third-order valence-electron chi connectivity index (χ3n) is 3.79. The molecule has 1 aromatic carbocycles. The maximum absolute atomic E-state index is 14.2. The number of piperazine rings is 1. The minimum Gasteiger partial charge on any atom is -0.360 e. The first-order chi connectivity index (χ1) is 7.68. The van der Waals surface area contributed by atoms with Crippen molar-refractivity contribution in [3.05, 3.63) is 29.1 Å². The minimum atomic E-state index is -0.0197. The highest BCUT2D eigenvalue weighted by Gasteiger charge is 2.37. The lowest BCUT2D eigenvalue weighted by molar-refractivity contribution is 0.425. The van der Waals surface area contributed by atoms with Gasteiger partial charge in [-0.3, -0.25) is 0 Å². The molecule has 4 heteroatoms. The van der Waals surface area contributed by atoms with Gasteiger partial charge in [0.1, 0.15) is 5.82 Å². The molecule has 1 unspecified atom stereocenters. The average Bonchev–Trinajstić information content (AvgIpc) is 2.64. The number of aryl methyl sites for hydroxylation is 1. The normalized spacial score (nSPS) is 26.2. The molecule has 0 saturated carbocycles. The second-order valence-electron chi connectivity index (χ2n) is 4.98. The lowest BCUT2D eigenvalue weighted by Crippen LogP contribution is -2.55. The molecule has 0 spiro atoms. The number of halogens is 2. The summed E-state index contributed by atoms with van der Waals surface area (Å²) in [6.45, 7) is 5.92. The highest BCUT2D eigenvalue weighted by Crippen LogP contribution is 2.38. The van der Waals surface area contributed by atoms with Crippen molar-refractivity contribution in [1.82, 2.24) is 5.32 Å². The first-order valence-corrected chi connectivity index (χ1v) is 5.95. The van der Waals surface area contributed by atoms with Crippen LogP contribution < -0.4 is 10.2 Å². The van der Waals surface area contributed by atoms with Crippen molar-refractivity contribution >= 4 is 18.1 Å². The van der Waals surface area contributed by atoms with E-state index in [1.54, 1.807) is 0 Å². The van der Waals surface area contributed by atoms with Crippen LogP contribution in [0.5, 0.6) is 0 Å². The van der Waals surface area contributed by atoms with E-state index in [0.717, 1.165) is 30.8 Å². The average molecular weight is 257 g/mol. The van der Waals surface area contributed by atoms with Crippen LogP contribution in [0.4, 0.5) is 10.1 Å². The summed E-state index contributed by atoms with van der Waals surface area (Å²) in [6.07, 6.45) is 0.976. The lowest BCUT2D eigenvalue weighted by atomic mass is 10.1. The van der Waals surface area contributed by atoms with Gasteiger partial charge in [-0.25, -0.2) is 4.39 Å². The molecular formula is C13H18ClFN2. The fourth-order valence-electron chi connectivity index (χ4n) is 2.99. The van der Waals surface area contributed by atoms with Crippen molar-refractivity contribution in [2.24, 2.45) is 0 Å². The first-order valence-electron chi connectivity index (χ1n) is 5.95. The molecule has 0 radical (unpaired) electrons. The summed E-state index contributed by atoms with van der Waals surface area (Å²) in [5.41, 5.74) is 2.78. The standard InChI is InChI=1S/C13H17FN2.ClH/c1-8-3-4-10-5-11-7-15-6-9(2)16(11)13(10)12(8)14;/h3-4,9,11,15H,5-7H2,1-2H3;1H/t9?,11-;/m1./s1. The molecule has 1 saturated heterocycles. The molecule has 0 aromatic heterocycles. The molecule has 1 aromatic rings. The zero-order chi connectivity index (χ0) is 11.3. The number of nitrogens with one attached hydrogen (secondary N) is 1. The van der Waals surface area contributed by atoms with Crippen LogP contribution in [0.15, 0.2) is 12.1 Å². The Hall–Kier alpha value is -0.800. The van der Waals surface area contributed by atoms with Crippen LogP contribution in [-0.4, -0.2) is 25.2 Å². The van der Waals surface area contributed by atoms with Crippen LogP contribution in [0, 0.1) is 12.7 Å². The van der Waals surface area contributed by atoms with Gasteiger partial charge in [0.25, 0.3) is 0 Å². The lowest BCUT2D eigenvalue weighted by Gasteiger charge is -2.38. The van der Waals surface area contributed by atoms with Gasteiger partial charge in [0.15, 0.2) is 0 Å². The zero-order valence-electron chi connectivity index (χ0n) is 10.2. The molecule has 2 atom stereocenters. The summed E-state index contributed by atoms with van der Waals surface area (Å²) in [7, 11) is 0. The van der Waals surface area contributed by atoms with Crippen LogP contribution in [0.25, 0.3) is 0 Å². The maximum Gasteiger partial charge on any atom is 0.149 e. The van der Waals surface area contributed by atoms with Gasteiger partial charge in [0, 0.05) is 25.2 Å². The molecular weight excluding hydrogens is 239 g/mol. The van der Waals surface area contributed by atoms with Gasteiger partial charge in [-0.1, -0.05) is 12.1 Å². The summed E-state index contributed by atoms with van der Waals surface area (Å²) in [5.74, 6) is -0.0197. The number of hydrogen-bond acceptors (Lipinski definition) is 2. The third-order valence-corrected chi connectivity index (χ3v) is 3.79. The zero-order valence-corrected chi connectivity index (χ0v) is 11.0. The fourth-order valence-corrected chi connectivity index (χ4v) is 2.99. The summed E-state index contributed by atoms with van der Waals surface area (Å²) in [6, 6.07) is 4.80. The van der Waals surface area contributed by atoms with Crippen molar-refractivity contribution < 1.29 is 4.39 Å². The molecule has 2 aliphatic rings. The van der Waals surface area contributed by atoms with Crippen molar-refractivity contribution in [2.75, 3.05) is 18.0 Å². The molecule has 3 rings (SSSR count). The van der Waals surface area contributed by atoms with Crippen molar-refractivity contribution in [1.29, 1.82) is 0 Å². The molecule has 0 bridgehead atoms. The second kappa shape index (κ2) is 4.46. The van der Waals surface area contributed by atoms with E-state index in [4.69, 9.17) is 0 Å². The van der Waals surface area contributed by atoms with Gasteiger partial charge >= 0.3 is 0 Å². The van der Waals surface area contributed by atoms with Crippen LogP contribution in [0.2, 0.25) is 0 Å². The van der Waals surface area contributed by atoms with Gasteiger partial charge < -0.3 is 10.2 Å². The molecule has 17 heavy (non-hydrogen) atoms. The highest BCUT2D eigenvalue weighted by atomic mass is 35.5. The smallest absolute Gasteiger partial charge is 0.149 e. The van der Waals surface area contributed by atoms with Gasteiger partial charge in [-0.15, -0.1) is 12.4 Å². The largest absolute Gasteiger partial charge is 0.360 e. The topological polar surface area (TPSA) is 15.3 Å². The summed E-state index contributed by atoms with van der Waals surface area (Å²) in [4.78, 5) is 2.27. The van der Waals surface area contributed by atoms with E-state index in [1.807, 2.05) is 13.0 Å². The Labute approximate surface area is 108 Å². The highest BCUT2D eigenvalue weighted by molar-refractivity contribution is 5.85. The number of anilines is 1. The fraction of sp³-hybridized carbons (Fsp3) is 0.538. The van der Waals surface area contributed by atoms with Gasteiger partial charge in [0.05, 0.1) is 5.69 Å². The molecule has 1 N–H and O–H groups in total. The van der Waals surface area contributed by atoms with Gasteiger partial charge in [-0.05, 0) is 31.4 Å². The predicted octanol–water partition coefficient (Wildman–Crippen LogP) is 2.28. The number of benzene rings is 1. The predicted molar refractivity (Wildman–Crippen MR) is 70.7 cm³/mol. The monoisotopic (exact) mass is 256 g/mol. The maximum atomic E-state index is 14.2. The Morgan fingerprint density at radius 2 is 2.12 bits per heavy atom. The number of fused-ring (bicyclic) bond motifs is 3. The Morgan fingerprint density at radius 1 is 1.35 bits per heavy atom. The number of hydrogen-bond donors (Lipinski definition) is 1. The van der Waals surface area contributed by atoms with Crippen LogP contribution in [0.3, 0.4) is 0 Å². The van der Waals surface area contributed by atoms with Crippen LogP contribution >= 0.6 is 12.4 Å². The molecule has 2 nitrogen and oxygen atoms in total. The van der Waals surface area contributed by atoms with Crippen LogP contribution in [0.1, 0.15) is 18.1 Å². The van der Waals surface area contributed by atoms with Crippen molar-refractivity contribution in [2.45, 2.75) is 32.4 Å². The Balaban J connectivity index is 0.00000108. The molecule has 0 amide bonds. The number of nitrogens with zero attached hydrogens (tertiary/aromatic N) is 1.